The van der Waals surface area contributed by atoms with Crippen molar-refractivity contribution in [2.45, 2.75) is 69.1 Å². The van der Waals surface area contributed by atoms with Gasteiger partial charge in [0.05, 0.1) is 39.1 Å². The second-order valence-electron chi connectivity index (χ2n) is 17.4. The fourth-order valence-electron chi connectivity index (χ4n) is 8.46. The van der Waals surface area contributed by atoms with Crippen LogP contribution in [0.2, 0.25) is 0 Å². The van der Waals surface area contributed by atoms with Gasteiger partial charge in [-0.05, 0) is 67.0 Å². The first-order valence-electron chi connectivity index (χ1n) is 23.9. The fraction of sp³-hybridized carbons (Fsp3) is 0.373. The largest absolute Gasteiger partial charge is 0.744 e. The molecule has 74 heavy (non-hydrogen) atoms. The average Bonchev–Trinajstić information content (AvgIpc) is 4.26. The highest BCUT2D eigenvalue weighted by molar-refractivity contribution is 7.86. The third-order valence-corrected chi connectivity index (χ3v) is 20.5. The highest BCUT2D eigenvalue weighted by atomic mass is 32.2. The normalized spacial score (nSPS) is 16.0. The van der Waals surface area contributed by atoms with Crippen molar-refractivity contribution in [1.29, 1.82) is 0 Å². The van der Waals surface area contributed by atoms with Gasteiger partial charge >= 0.3 is 5.75 Å². The minimum Gasteiger partial charge on any atom is -0.744 e. The van der Waals surface area contributed by atoms with Gasteiger partial charge in [0.25, 0.3) is 10.1 Å². The number of thiophene rings is 5. The van der Waals surface area contributed by atoms with E-state index in [0.29, 0.717) is 95.2 Å². The molecule has 2 atom stereocenters. The lowest BCUT2D eigenvalue weighted by Gasteiger charge is -2.19. The third kappa shape index (κ3) is 10.4. The lowest BCUT2D eigenvalue weighted by molar-refractivity contribution is 0.0123. The van der Waals surface area contributed by atoms with E-state index >= 15 is 0 Å². The molecule has 0 saturated carbocycles. The van der Waals surface area contributed by atoms with Crippen molar-refractivity contribution in [3.63, 3.8) is 0 Å². The van der Waals surface area contributed by atoms with Crippen LogP contribution in [0.4, 0.5) is 0 Å². The summed E-state index contributed by atoms with van der Waals surface area (Å²) in [6, 6.07) is 12.4. The molecule has 2 unspecified atom stereocenters. The van der Waals surface area contributed by atoms with E-state index in [1.165, 1.54) is 24.3 Å². The maximum absolute atomic E-state index is 10.7. The Hall–Kier alpha value is -5.24. The highest BCUT2D eigenvalue weighted by Gasteiger charge is 2.39. The Balaban J connectivity index is 0.000000183. The molecule has 2 N–H and O–H groups in total. The smallest absolute Gasteiger partial charge is 0.317 e. The lowest BCUT2D eigenvalue weighted by atomic mass is 9.99. The van der Waals surface area contributed by atoms with Gasteiger partial charge in [-0.15, -0.1) is 56.7 Å². The number of aliphatic hydroxyl groups is 1. The number of benzene rings is 2. The van der Waals surface area contributed by atoms with Crippen LogP contribution >= 0.6 is 56.7 Å². The van der Waals surface area contributed by atoms with Gasteiger partial charge < -0.3 is 51.9 Å². The topological polar surface area (TPSA) is 207 Å². The summed E-state index contributed by atoms with van der Waals surface area (Å²) in [6.07, 6.45) is 1.99. The minimum atomic E-state index is -4.30. The Morgan fingerprint density at radius 2 is 0.865 bits per heavy atom. The minimum absolute atomic E-state index is 0.0513. The summed E-state index contributed by atoms with van der Waals surface area (Å²) < 4.78 is 123. The van der Waals surface area contributed by atoms with Gasteiger partial charge in [-0.2, -0.15) is 8.42 Å². The molecule has 0 fully saturated rings. The van der Waals surface area contributed by atoms with Crippen molar-refractivity contribution in [2.75, 3.05) is 66.1 Å². The maximum Gasteiger partial charge on any atom is 0.317 e. The van der Waals surface area contributed by atoms with Crippen LogP contribution in [0.5, 0.6) is 57.5 Å². The molecule has 394 valence electrons. The monoisotopic (exact) mass is 1140 g/mol. The average molecular weight is 1150 g/mol. The molecule has 0 spiro atoms. The van der Waals surface area contributed by atoms with Crippen molar-refractivity contribution >= 4 is 76.9 Å². The summed E-state index contributed by atoms with van der Waals surface area (Å²) in [4.78, 5) is 8.57. The van der Waals surface area contributed by atoms with Crippen LogP contribution in [0.1, 0.15) is 68.4 Å². The summed E-state index contributed by atoms with van der Waals surface area (Å²) >= 11 is 8.12. The first-order valence-corrected chi connectivity index (χ1v) is 30.9. The van der Waals surface area contributed by atoms with Gasteiger partial charge in [-0.1, -0.05) is 52.0 Å². The van der Waals surface area contributed by atoms with Crippen LogP contribution in [-0.2, 0) is 20.2 Å². The number of hydrogen-bond acceptors (Lipinski definition) is 19. The standard InChI is InChI=1S/C31H24O10S5.2C10H14O3S/c1-13-15-17(35-5-4-33-15)26(43-13)27-20-21(39-9-8-38-20)30(45-27)31-23-22(40-10-11-41-23)29(46-31)28-19-18(36-6-7-37-19)25(44-28)24-16-14(12-42-24)32-2-3-34-16;2*1-3-8(2)9-4-6-10(7-5-9)14(11,12)13/h12H,2-11H2,1H3;2*4-8H,3H2,1-2H3,(H,11,12,13). The van der Waals surface area contributed by atoms with Gasteiger partial charge in [0.2, 0.25) is 12.4 Å². The van der Waals surface area contributed by atoms with Gasteiger partial charge in [0, 0.05) is 10.3 Å². The maximum atomic E-state index is 10.7. The van der Waals surface area contributed by atoms with E-state index in [2.05, 4.69) is 34.6 Å². The molecule has 2 aromatic carbocycles. The number of ether oxygens (including phenoxy) is 10. The van der Waals surface area contributed by atoms with E-state index in [1.54, 1.807) is 80.9 Å². The molecule has 0 saturated heterocycles. The fourth-order valence-corrected chi connectivity index (χ4v) is 15.5. The molecule has 5 aliphatic rings. The van der Waals surface area contributed by atoms with Crippen molar-refractivity contribution < 1.29 is 73.3 Å². The van der Waals surface area contributed by atoms with Crippen molar-refractivity contribution in [3.8, 4) is 96.5 Å². The molecule has 23 heteroatoms. The molecule has 10 heterocycles. The second-order valence-corrected chi connectivity index (χ2v) is 25.4. The van der Waals surface area contributed by atoms with E-state index < -0.39 is 20.2 Å². The molecule has 5 aromatic heterocycles. The molecule has 0 amide bonds. The molecule has 16 nitrogen and oxygen atoms in total. The zero-order valence-corrected chi connectivity index (χ0v) is 46.5. The van der Waals surface area contributed by atoms with Crippen LogP contribution in [0, 0.1) is 6.92 Å². The molecule has 0 radical (unpaired) electrons. The molecule has 12 rings (SSSR count). The first kappa shape index (κ1) is 52.2. The molecule has 0 bridgehead atoms. The van der Waals surface area contributed by atoms with Crippen molar-refractivity contribution in [3.05, 3.63) is 69.9 Å². The molecular weight excluding hydrogens is 1090 g/mol. The Morgan fingerprint density at radius 3 is 1.24 bits per heavy atom. The SMILES string of the molecule is CCC(C)c1ccc(S(=O)(=O)O)cc1.CCC(C)c1ccc(S(=O)(=O)[O-])cc1.Cc1sc(-c2sc(-c3sc(-c4sc(-c5scc6c5[OH+]CCO6)c5c4OCCO5)c4c3OCCO4)c3c2OCCO3)c2c1OCCO2. The molecule has 5 aliphatic heterocycles. The Bertz CT molecular complexity index is 3300. The molecule has 7 aromatic rings. The van der Waals surface area contributed by atoms with E-state index in [1.807, 2.05) is 5.38 Å². The van der Waals surface area contributed by atoms with E-state index in [-0.39, 0.29) is 9.79 Å². The van der Waals surface area contributed by atoms with Crippen LogP contribution in [0.25, 0.3) is 39.0 Å². The Labute approximate surface area is 448 Å². The number of hydrogen-bond donors (Lipinski definition) is 1. The zero-order valence-electron chi connectivity index (χ0n) is 40.8. The number of rotatable bonds is 10. The van der Waals surface area contributed by atoms with E-state index in [4.69, 9.17) is 51.9 Å². The quantitative estimate of drug-likeness (QED) is 0.0998. The Morgan fingerprint density at radius 1 is 0.514 bits per heavy atom. The van der Waals surface area contributed by atoms with Crippen LogP contribution in [-0.4, -0.2) is 96.7 Å². The Kier molecular flexibility index (Phi) is 15.4. The van der Waals surface area contributed by atoms with Crippen LogP contribution < -0.4 is 42.6 Å². The number of aromatic hydroxyl groups is 1. The van der Waals surface area contributed by atoms with Crippen molar-refractivity contribution in [1.82, 2.24) is 0 Å². The van der Waals surface area contributed by atoms with E-state index in [0.717, 1.165) is 108 Å². The van der Waals surface area contributed by atoms with Gasteiger partial charge in [-0.25, -0.2) is 8.42 Å². The summed E-state index contributed by atoms with van der Waals surface area (Å²) in [5.74, 6) is 8.40. The predicted octanol–water partition coefficient (Wildman–Crippen LogP) is 12.2. The number of fused-ring (bicyclic) bond motifs is 5. The van der Waals surface area contributed by atoms with Crippen LogP contribution in [0.3, 0.4) is 0 Å². The summed E-state index contributed by atoms with van der Waals surface area (Å²) in [5, 5.41) is 2.02. The predicted molar refractivity (Wildman–Crippen MR) is 286 cm³/mol. The van der Waals surface area contributed by atoms with E-state index in [9.17, 15) is 21.4 Å². The first-order chi connectivity index (χ1) is 35.6. The summed E-state index contributed by atoms with van der Waals surface area (Å²) in [6.45, 7) is 15.4. The summed E-state index contributed by atoms with van der Waals surface area (Å²) in [7, 11) is -8.35. The number of aryl methyl sites for hydroxylation is 1. The third-order valence-electron chi connectivity index (χ3n) is 12.6. The molecular formula is C51H52O16S7. The summed E-state index contributed by atoms with van der Waals surface area (Å²) in [5.41, 5.74) is 2.14. The lowest BCUT2D eigenvalue weighted by Crippen LogP contribution is -2.16. The van der Waals surface area contributed by atoms with Crippen LogP contribution in [0.15, 0.2) is 63.7 Å². The van der Waals surface area contributed by atoms with Gasteiger partial charge in [0.15, 0.2) is 52.6 Å². The van der Waals surface area contributed by atoms with Crippen molar-refractivity contribution in [2.24, 2.45) is 0 Å². The highest BCUT2D eigenvalue weighted by Crippen LogP contribution is 2.67. The van der Waals surface area contributed by atoms with Gasteiger partial charge in [-0.3, -0.25) is 4.55 Å². The molecule has 0 aliphatic carbocycles. The van der Waals surface area contributed by atoms with Gasteiger partial charge in [0.1, 0.15) is 72.7 Å². The second kappa shape index (κ2) is 21.8. The zero-order chi connectivity index (χ0) is 51.9.